The van der Waals surface area contributed by atoms with E-state index >= 15 is 0 Å². The molecule has 0 saturated heterocycles. The second-order valence-electron chi connectivity index (χ2n) is 6.57. The van der Waals surface area contributed by atoms with Crippen molar-refractivity contribution >= 4 is 34.1 Å². The van der Waals surface area contributed by atoms with Crippen LogP contribution in [0.2, 0.25) is 10.0 Å². The molecule has 0 aliphatic rings. The fourth-order valence-electron chi connectivity index (χ4n) is 3.16. The Labute approximate surface area is 169 Å². The van der Waals surface area contributed by atoms with Crippen LogP contribution in [-0.2, 0) is 6.54 Å². The molecule has 0 spiro atoms. The first-order chi connectivity index (χ1) is 12.9. The molecule has 0 amide bonds. The topological polar surface area (TPSA) is 38.1 Å². The molecule has 0 unspecified atom stereocenters. The maximum absolute atomic E-state index is 13.3. The van der Waals surface area contributed by atoms with E-state index in [1.54, 1.807) is 16.7 Å². The lowest BCUT2D eigenvalue weighted by atomic mass is 10.1. The summed E-state index contributed by atoms with van der Waals surface area (Å²) >= 11 is 12.5. The fourth-order valence-corrected chi connectivity index (χ4v) is 3.70. The molecule has 27 heavy (non-hydrogen) atoms. The third-order valence-corrected chi connectivity index (χ3v) is 5.33. The molecule has 0 aliphatic heterocycles. The highest BCUT2D eigenvalue weighted by Crippen LogP contribution is 2.27. The zero-order valence-electron chi connectivity index (χ0n) is 15.8. The quantitative estimate of drug-likeness (QED) is 0.579. The number of fused-ring (bicyclic) bond motifs is 1. The lowest BCUT2D eigenvalue weighted by Gasteiger charge is -2.20. The minimum atomic E-state index is -0.118. The first kappa shape index (κ1) is 19.9. The fraction of sp³-hybridized carbons (Fsp3) is 0.333. The van der Waals surface area contributed by atoms with Crippen LogP contribution in [-0.4, -0.2) is 34.1 Å². The predicted molar refractivity (Wildman–Crippen MR) is 114 cm³/mol. The highest BCUT2D eigenvalue weighted by molar-refractivity contribution is 6.38. The number of hydrogen-bond acceptors (Lipinski definition) is 3. The van der Waals surface area contributed by atoms with Crippen LogP contribution in [0.3, 0.4) is 0 Å². The number of likely N-dealkylation sites (N-methyl/N-ethyl adjacent to an activating group) is 1. The van der Waals surface area contributed by atoms with E-state index in [1.807, 2.05) is 31.2 Å². The smallest absolute Gasteiger partial charge is 0.261 e. The number of nitrogens with zero attached hydrogens (tertiary/aromatic N) is 3. The van der Waals surface area contributed by atoms with Crippen LogP contribution in [0.5, 0.6) is 0 Å². The lowest BCUT2D eigenvalue weighted by molar-refractivity contribution is 0.289. The van der Waals surface area contributed by atoms with Crippen molar-refractivity contribution < 1.29 is 0 Å². The average Bonchev–Trinajstić information content (AvgIpc) is 2.65. The molecule has 3 rings (SSSR count). The molecule has 3 aromatic rings. The van der Waals surface area contributed by atoms with Crippen molar-refractivity contribution in [1.82, 2.24) is 14.5 Å². The van der Waals surface area contributed by atoms with Crippen molar-refractivity contribution in [2.75, 3.05) is 19.6 Å². The van der Waals surface area contributed by atoms with Crippen LogP contribution in [0, 0.1) is 6.92 Å². The number of hydrogen-bond donors (Lipinski definition) is 0. The molecule has 6 heteroatoms. The summed E-state index contributed by atoms with van der Waals surface area (Å²) in [7, 11) is 0. The van der Waals surface area contributed by atoms with E-state index in [9.17, 15) is 4.79 Å². The van der Waals surface area contributed by atoms with Crippen molar-refractivity contribution in [3.05, 3.63) is 62.4 Å². The highest BCUT2D eigenvalue weighted by Gasteiger charge is 2.16. The summed E-state index contributed by atoms with van der Waals surface area (Å²) in [5.74, 6) is 0.629. The Balaban J connectivity index is 2.22. The highest BCUT2D eigenvalue weighted by atomic mass is 35.5. The maximum Gasteiger partial charge on any atom is 0.261 e. The molecule has 0 aliphatic carbocycles. The Kier molecular flexibility index (Phi) is 6.20. The predicted octanol–water partition coefficient (Wildman–Crippen LogP) is 5.02. The van der Waals surface area contributed by atoms with E-state index in [0.29, 0.717) is 33.3 Å². The summed E-state index contributed by atoms with van der Waals surface area (Å²) in [6, 6.07) is 11.3. The molecule has 1 heterocycles. The van der Waals surface area contributed by atoms with Gasteiger partial charge in [0.05, 0.1) is 15.9 Å². The van der Waals surface area contributed by atoms with Gasteiger partial charge in [0.1, 0.15) is 5.82 Å². The Morgan fingerprint density at radius 1 is 1.07 bits per heavy atom. The standard InChI is InChI=1S/C21H23Cl2N3O/c1-4-25(5-2)10-11-26-20(15-8-6-14(3)7-9-15)24-19-17(21(26)27)12-16(22)13-18(19)23/h6-9,12-13H,4-5,10-11H2,1-3H3. The summed E-state index contributed by atoms with van der Waals surface area (Å²) in [4.78, 5) is 20.3. The Hall–Kier alpha value is -1.88. The van der Waals surface area contributed by atoms with E-state index in [2.05, 4.69) is 18.7 Å². The third kappa shape index (κ3) is 4.18. The summed E-state index contributed by atoms with van der Waals surface area (Å²) < 4.78 is 1.73. The number of aryl methyl sites for hydroxylation is 1. The Bertz CT molecular complexity index is 1010. The van der Waals surface area contributed by atoms with Gasteiger partial charge < -0.3 is 4.90 Å². The lowest BCUT2D eigenvalue weighted by Crippen LogP contribution is -2.32. The number of halogens is 2. The average molecular weight is 404 g/mol. The molecule has 142 valence electrons. The van der Waals surface area contributed by atoms with Gasteiger partial charge >= 0.3 is 0 Å². The molecule has 0 saturated carbocycles. The Morgan fingerprint density at radius 2 is 1.74 bits per heavy atom. The SMILES string of the molecule is CCN(CC)CCn1c(-c2ccc(C)cc2)nc2c(Cl)cc(Cl)cc2c1=O. The van der Waals surface area contributed by atoms with E-state index in [1.165, 1.54) is 0 Å². The maximum atomic E-state index is 13.3. The summed E-state index contributed by atoms with van der Waals surface area (Å²) in [5, 5.41) is 1.27. The van der Waals surface area contributed by atoms with Gasteiger partial charge in [-0.1, -0.05) is 66.9 Å². The Morgan fingerprint density at radius 3 is 2.37 bits per heavy atom. The van der Waals surface area contributed by atoms with Crippen molar-refractivity contribution in [2.45, 2.75) is 27.3 Å². The van der Waals surface area contributed by atoms with Crippen LogP contribution >= 0.6 is 23.2 Å². The van der Waals surface area contributed by atoms with Gasteiger partial charge in [-0.25, -0.2) is 4.98 Å². The van der Waals surface area contributed by atoms with Crippen LogP contribution in [0.4, 0.5) is 0 Å². The normalized spacial score (nSPS) is 11.5. The molecule has 2 aromatic carbocycles. The van der Waals surface area contributed by atoms with Crippen LogP contribution in [0.1, 0.15) is 19.4 Å². The molecule has 0 fully saturated rings. The van der Waals surface area contributed by atoms with Gasteiger partial charge in [0.2, 0.25) is 0 Å². The number of rotatable bonds is 6. The van der Waals surface area contributed by atoms with Crippen molar-refractivity contribution in [3.8, 4) is 11.4 Å². The van der Waals surface area contributed by atoms with Gasteiger partial charge in [0, 0.05) is 23.7 Å². The van der Waals surface area contributed by atoms with Gasteiger partial charge in [0.25, 0.3) is 5.56 Å². The van der Waals surface area contributed by atoms with Crippen LogP contribution < -0.4 is 5.56 Å². The number of benzene rings is 2. The first-order valence-corrected chi connectivity index (χ1v) is 9.89. The van der Waals surface area contributed by atoms with E-state index < -0.39 is 0 Å². The zero-order valence-corrected chi connectivity index (χ0v) is 17.3. The summed E-state index contributed by atoms with van der Waals surface area (Å²) in [6.07, 6.45) is 0. The molecule has 0 atom stereocenters. The van der Waals surface area contributed by atoms with Gasteiger partial charge in [0.15, 0.2) is 0 Å². The molecular formula is C21H23Cl2N3O. The van der Waals surface area contributed by atoms with Crippen molar-refractivity contribution in [3.63, 3.8) is 0 Å². The van der Waals surface area contributed by atoms with E-state index in [-0.39, 0.29) is 5.56 Å². The number of aromatic nitrogens is 2. The minimum Gasteiger partial charge on any atom is -0.302 e. The molecular weight excluding hydrogens is 381 g/mol. The zero-order chi connectivity index (χ0) is 19.6. The van der Waals surface area contributed by atoms with Crippen LogP contribution in [0.15, 0.2) is 41.2 Å². The second-order valence-corrected chi connectivity index (χ2v) is 7.41. The van der Waals surface area contributed by atoms with Gasteiger partial charge in [-0.05, 0) is 32.1 Å². The second kappa shape index (κ2) is 8.42. The van der Waals surface area contributed by atoms with Crippen molar-refractivity contribution in [1.29, 1.82) is 0 Å². The molecule has 0 bridgehead atoms. The summed E-state index contributed by atoms with van der Waals surface area (Å²) in [5.41, 5.74) is 2.42. The molecule has 1 aromatic heterocycles. The third-order valence-electron chi connectivity index (χ3n) is 4.82. The molecule has 0 radical (unpaired) electrons. The largest absolute Gasteiger partial charge is 0.302 e. The molecule has 0 N–H and O–H groups in total. The van der Waals surface area contributed by atoms with Gasteiger partial charge in [-0.3, -0.25) is 9.36 Å². The minimum absolute atomic E-state index is 0.118. The van der Waals surface area contributed by atoms with Crippen LogP contribution in [0.25, 0.3) is 22.3 Å². The first-order valence-electron chi connectivity index (χ1n) is 9.13. The van der Waals surface area contributed by atoms with E-state index in [4.69, 9.17) is 28.2 Å². The summed E-state index contributed by atoms with van der Waals surface area (Å²) in [6.45, 7) is 9.46. The van der Waals surface area contributed by atoms with Gasteiger partial charge in [-0.15, -0.1) is 0 Å². The van der Waals surface area contributed by atoms with Crippen molar-refractivity contribution in [2.24, 2.45) is 0 Å². The monoisotopic (exact) mass is 403 g/mol. The van der Waals surface area contributed by atoms with E-state index in [0.717, 1.165) is 30.8 Å². The van der Waals surface area contributed by atoms with Gasteiger partial charge in [-0.2, -0.15) is 0 Å². The molecule has 4 nitrogen and oxygen atoms in total.